The Morgan fingerprint density at radius 3 is 2.67 bits per heavy atom. The summed E-state index contributed by atoms with van der Waals surface area (Å²) < 4.78 is 12.8. The van der Waals surface area contributed by atoms with E-state index in [4.69, 9.17) is 0 Å². The molecular formula is C17H21FN4OS. The number of hydrogen-bond acceptors (Lipinski definition) is 3. The maximum Gasteiger partial charge on any atom is 0.243 e. The summed E-state index contributed by atoms with van der Waals surface area (Å²) in [5.74, 6) is 0.106. The molecule has 2 rings (SSSR count). The van der Waals surface area contributed by atoms with E-state index in [-0.39, 0.29) is 18.3 Å². The molecular weight excluding hydrogens is 327 g/mol. The highest BCUT2D eigenvalue weighted by molar-refractivity contribution is 7.09. The lowest BCUT2D eigenvalue weighted by molar-refractivity contribution is -0.115. The Morgan fingerprint density at radius 2 is 2.04 bits per heavy atom. The number of thiophene rings is 1. The average Bonchev–Trinajstić information content (AvgIpc) is 3.09. The SMILES string of the molecule is CN=C(NCC(=O)Nc1ccc(F)cc1)N(C)CCc1cccs1. The van der Waals surface area contributed by atoms with E-state index in [2.05, 4.69) is 27.1 Å². The summed E-state index contributed by atoms with van der Waals surface area (Å²) in [6.45, 7) is 0.896. The summed E-state index contributed by atoms with van der Waals surface area (Å²) in [5.41, 5.74) is 0.559. The average molecular weight is 348 g/mol. The van der Waals surface area contributed by atoms with Gasteiger partial charge in [0, 0.05) is 31.2 Å². The second-order valence-electron chi connectivity index (χ2n) is 5.21. The molecule has 1 heterocycles. The lowest BCUT2D eigenvalue weighted by atomic mass is 10.3. The van der Waals surface area contributed by atoms with Crippen LogP contribution < -0.4 is 10.6 Å². The van der Waals surface area contributed by atoms with Gasteiger partial charge in [0.1, 0.15) is 5.82 Å². The van der Waals surface area contributed by atoms with Crippen molar-refractivity contribution in [2.45, 2.75) is 6.42 Å². The van der Waals surface area contributed by atoms with Crippen LogP contribution in [0.25, 0.3) is 0 Å². The van der Waals surface area contributed by atoms with E-state index in [9.17, 15) is 9.18 Å². The van der Waals surface area contributed by atoms with E-state index in [1.807, 2.05) is 18.0 Å². The molecule has 5 nitrogen and oxygen atoms in total. The summed E-state index contributed by atoms with van der Waals surface area (Å²) in [5, 5.41) is 7.78. The van der Waals surface area contributed by atoms with Crippen LogP contribution >= 0.6 is 11.3 Å². The van der Waals surface area contributed by atoms with E-state index in [0.717, 1.165) is 13.0 Å². The Hall–Kier alpha value is -2.41. The highest BCUT2D eigenvalue weighted by atomic mass is 32.1. The standard InChI is InChI=1S/C17H21FN4OS/c1-19-17(22(2)10-9-15-4-3-11-24-15)20-12-16(23)21-14-7-5-13(18)6-8-14/h3-8,11H,9-10,12H2,1-2H3,(H,19,20)(H,21,23). The molecule has 128 valence electrons. The van der Waals surface area contributed by atoms with Gasteiger partial charge >= 0.3 is 0 Å². The van der Waals surface area contributed by atoms with Gasteiger partial charge in [0.05, 0.1) is 6.54 Å². The smallest absolute Gasteiger partial charge is 0.243 e. The first-order valence-electron chi connectivity index (χ1n) is 7.58. The molecule has 1 aromatic heterocycles. The number of anilines is 1. The van der Waals surface area contributed by atoms with Gasteiger partial charge in [0.25, 0.3) is 0 Å². The minimum Gasteiger partial charge on any atom is -0.347 e. The molecule has 0 bridgehead atoms. The molecule has 1 amide bonds. The van der Waals surface area contributed by atoms with Crippen molar-refractivity contribution in [1.29, 1.82) is 0 Å². The number of halogens is 1. The maximum atomic E-state index is 12.8. The Balaban J connectivity index is 1.77. The molecule has 7 heteroatoms. The largest absolute Gasteiger partial charge is 0.347 e. The third-order valence-corrected chi connectivity index (χ3v) is 4.32. The molecule has 1 aromatic carbocycles. The number of aliphatic imine (C=N–C) groups is 1. The van der Waals surface area contributed by atoms with Gasteiger partial charge in [-0.2, -0.15) is 0 Å². The number of hydrogen-bond donors (Lipinski definition) is 2. The zero-order valence-electron chi connectivity index (χ0n) is 13.8. The maximum absolute atomic E-state index is 12.8. The number of likely N-dealkylation sites (N-methyl/N-ethyl adjacent to an activating group) is 1. The summed E-state index contributed by atoms with van der Waals surface area (Å²) >= 11 is 1.73. The molecule has 0 radical (unpaired) electrons. The minimum absolute atomic E-state index is 0.0907. The van der Waals surface area contributed by atoms with E-state index in [1.165, 1.54) is 29.1 Å². The van der Waals surface area contributed by atoms with Gasteiger partial charge in [-0.05, 0) is 42.1 Å². The van der Waals surface area contributed by atoms with Gasteiger partial charge < -0.3 is 15.5 Å². The molecule has 0 aliphatic heterocycles. The molecule has 0 saturated heterocycles. The van der Waals surface area contributed by atoms with Crippen LogP contribution in [-0.2, 0) is 11.2 Å². The van der Waals surface area contributed by atoms with Crippen molar-refractivity contribution in [1.82, 2.24) is 10.2 Å². The molecule has 2 aromatic rings. The van der Waals surface area contributed by atoms with Gasteiger partial charge in [0.15, 0.2) is 5.96 Å². The fourth-order valence-corrected chi connectivity index (χ4v) is 2.82. The monoisotopic (exact) mass is 348 g/mol. The third-order valence-electron chi connectivity index (χ3n) is 3.38. The van der Waals surface area contributed by atoms with Gasteiger partial charge in [-0.15, -0.1) is 11.3 Å². The van der Waals surface area contributed by atoms with Crippen LogP contribution in [0.1, 0.15) is 4.88 Å². The lowest BCUT2D eigenvalue weighted by Gasteiger charge is -2.21. The van der Waals surface area contributed by atoms with Crippen molar-refractivity contribution in [3.05, 3.63) is 52.5 Å². The number of amides is 1. The Labute approximate surface area is 145 Å². The second kappa shape index (κ2) is 9.02. The molecule has 0 fully saturated rings. The highest BCUT2D eigenvalue weighted by Gasteiger charge is 2.09. The normalized spacial score (nSPS) is 11.2. The summed E-state index contributed by atoms with van der Waals surface area (Å²) in [6.07, 6.45) is 0.927. The van der Waals surface area contributed by atoms with E-state index in [1.54, 1.807) is 18.4 Å². The molecule has 0 spiro atoms. The topological polar surface area (TPSA) is 56.7 Å². The first-order valence-corrected chi connectivity index (χ1v) is 8.46. The van der Waals surface area contributed by atoms with Crippen molar-refractivity contribution in [3.63, 3.8) is 0 Å². The van der Waals surface area contributed by atoms with Crippen LogP contribution in [0, 0.1) is 5.82 Å². The quantitative estimate of drug-likeness (QED) is 0.623. The molecule has 0 aliphatic carbocycles. The predicted molar refractivity (Wildman–Crippen MR) is 97.0 cm³/mol. The fourth-order valence-electron chi connectivity index (χ4n) is 2.12. The minimum atomic E-state index is -0.334. The number of carbonyl (C=O) groups is 1. The van der Waals surface area contributed by atoms with E-state index >= 15 is 0 Å². The molecule has 24 heavy (non-hydrogen) atoms. The number of rotatable bonds is 6. The summed E-state index contributed by atoms with van der Waals surface area (Å²) in [7, 11) is 3.61. The number of guanidine groups is 1. The van der Waals surface area contributed by atoms with Crippen LogP contribution in [-0.4, -0.2) is 44.0 Å². The fraction of sp³-hybridized carbons (Fsp3) is 0.294. The second-order valence-corrected chi connectivity index (χ2v) is 6.24. The molecule has 0 aliphatic rings. The number of nitrogens with zero attached hydrogens (tertiary/aromatic N) is 2. The van der Waals surface area contributed by atoms with Crippen molar-refractivity contribution in [3.8, 4) is 0 Å². The third kappa shape index (κ3) is 5.66. The Morgan fingerprint density at radius 1 is 1.29 bits per heavy atom. The first kappa shape index (κ1) is 17.9. The molecule has 0 atom stereocenters. The number of benzene rings is 1. The lowest BCUT2D eigenvalue weighted by Crippen LogP contribution is -2.43. The van der Waals surface area contributed by atoms with Gasteiger partial charge in [-0.1, -0.05) is 6.07 Å². The zero-order valence-corrected chi connectivity index (χ0v) is 14.6. The van der Waals surface area contributed by atoms with Crippen LogP contribution in [0.3, 0.4) is 0 Å². The number of carbonyl (C=O) groups excluding carboxylic acids is 1. The predicted octanol–water partition coefficient (Wildman–Crippen LogP) is 2.58. The highest BCUT2D eigenvalue weighted by Crippen LogP contribution is 2.09. The zero-order chi connectivity index (χ0) is 17.4. The van der Waals surface area contributed by atoms with Gasteiger partial charge in [-0.25, -0.2) is 4.39 Å². The van der Waals surface area contributed by atoms with Crippen molar-refractivity contribution >= 4 is 28.9 Å². The van der Waals surface area contributed by atoms with Gasteiger partial charge in [0.2, 0.25) is 5.91 Å². The van der Waals surface area contributed by atoms with Crippen molar-refractivity contribution in [2.75, 3.05) is 32.5 Å². The van der Waals surface area contributed by atoms with Crippen LogP contribution in [0.15, 0.2) is 46.8 Å². The summed E-state index contributed by atoms with van der Waals surface area (Å²) in [6, 6.07) is 9.79. The van der Waals surface area contributed by atoms with Crippen LogP contribution in [0.2, 0.25) is 0 Å². The van der Waals surface area contributed by atoms with Gasteiger partial charge in [-0.3, -0.25) is 9.79 Å². The molecule has 0 unspecified atom stereocenters. The molecule has 0 saturated carbocycles. The van der Waals surface area contributed by atoms with Crippen molar-refractivity contribution in [2.24, 2.45) is 4.99 Å². The summed E-state index contributed by atoms with van der Waals surface area (Å²) in [4.78, 5) is 19.4. The van der Waals surface area contributed by atoms with Crippen LogP contribution in [0.4, 0.5) is 10.1 Å². The van der Waals surface area contributed by atoms with Crippen LogP contribution in [0.5, 0.6) is 0 Å². The Kier molecular flexibility index (Phi) is 6.74. The van der Waals surface area contributed by atoms with E-state index < -0.39 is 0 Å². The first-order chi connectivity index (χ1) is 11.6. The van der Waals surface area contributed by atoms with E-state index in [0.29, 0.717) is 11.6 Å². The molecule has 2 N–H and O–H groups in total. The Bertz CT molecular complexity index is 670. The van der Waals surface area contributed by atoms with Crippen molar-refractivity contribution < 1.29 is 9.18 Å². The number of nitrogens with one attached hydrogen (secondary N) is 2.